The maximum absolute atomic E-state index is 13.3. The van der Waals surface area contributed by atoms with E-state index in [1.807, 2.05) is 6.07 Å². The minimum absolute atomic E-state index is 0.147. The largest absolute Gasteiger partial charge is 0.466 e. The number of benzene rings is 1. The normalized spacial score (nSPS) is 10.3. The lowest BCUT2D eigenvalue weighted by atomic mass is 10.2. The Kier molecular flexibility index (Phi) is 7.03. The molecule has 1 N–H and O–H groups in total. The lowest BCUT2D eigenvalue weighted by Gasteiger charge is -2.05. The molecule has 0 bridgehead atoms. The van der Waals surface area contributed by atoms with E-state index in [2.05, 4.69) is 5.32 Å². The molecule has 0 amide bonds. The van der Waals surface area contributed by atoms with Crippen molar-refractivity contribution in [3.8, 4) is 0 Å². The van der Waals surface area contributed by atoms with Gasteiger partial charge < -0.3 is 10.1 Å². The van der Waals surface area contributed by atoms with Crippen LogP contribution in [0.1, 0.15) is 31.7 Å². The molecular formula is C14H20FNO2. The van der Waals surface area contributed by atoms with Gasteiger partial charge in [-0.25, -0.2) is 4.39 Å². The predicted octanol–water partition coefficient (Wildman–Crippen LogP) is 2.65. The monoisotopic (exact) mass is 253 g/mol. The van der Waals surface area contributed by atoms with Crippen molar-refractivity contribution in [2.24, 2.45) is 0 Å². The molecular weight excluding hydrogens is 233 g/mol. The van der Waals surface area contributed by atoms with E-state index in [0.717, 1.165) is 19.4 Å². The zero-order valence-corrected chi connectivity index (χ0v) is 10.7. The van der Waals surface area contributed by atoms with Gasteiger partial charge in [-0.15, -0.1) is 0 Å². The van der Waals surface area contributed by atoms with Gasteiger partial charge in [-0.3, -0.25) is 4.79 Å². The van der Waals surface area contributed by atoms with Crippen molar-refractivity contribution in [3.05, 3.63) is 35.6 Å². The van der Waals surface area contributed by atoms with E-state index in [4.69, 9.17) is 4.74 Å². The van der Waals surface area contributed by atoms with Crippen molar-refractivity contribution in [1.82, 2.24) is 5.32 Å². The van der Waals surface area contributed by atoms with Crippen LogP contribution in [0.3, 0.4) is 0 Å². The van der Waals surface area contributed by atoms with Crippen LogP contribution in [0.2, 0.25) is 0 Å². The Hall–Kier alpha value is -1.42. The quantitative estimate of drug-likeness (QED) is 0.572. The molecule has 0 spiro atoms. The van der Waals surface area contributed by atoms with E-state index in [0.29, 0.717) is 25.1 Å². The third-order valence-electron chi connectivity index (χ3n) is 2.56. The second-order valence-electron chi connectivity index (χ2n) is 4.03. The van der Waals surface area contributed by atoms with Crippen LogP contribution in [0.4, 0.5) is 4.39 Å². The van der Waals surface area contributed by atoms with Crippen LogP contribution >= 0.6 is 0 Å². The van der Waals surface area contributed by atoms with E-state index < -0.39 is 0 Å². The first kappa shape index (κ1) is 14.6. The van der Waals surface area contributed by atoms with Crippen molar-refractivity contribution in [1.29, 1.82) is 0 Å². The Bertz CT molecular complexity index is 369. The van der Waals surface area contributed by atoms with Gasteiger partial charge in [0.2, 0.25) is 0 Å². The number of unbranched alkanes of at least 4 members (excludes halogenated alkanes) is 1. The van der Waals surface area contributed by atoms with Gasteiger partial charge >= 0.3 is 5.97 Å². The van der Waals surface area contributed by atoms with Crippen LogP contribution < -0.4 is 5.32 Å². The summed E-state index contributed by atoms with van der Waals surface area (Å²) >= 11 is 0. The first-order valence-corrected chi connectivity index (χ1v) is 6.33. The summed E-state index contributed by atoms with van der Waals surface area (Å²) in [5, 5.41) is 3.16. The van der Waals surface area contributed by atoms with E-state index in [-0.39, 0.29) is 11.8 Å². The van der Waals surface area contributed by atoms with Crippen molar-refractivity contribution in [2.45, 2.75) is 32.7 Å². The van der Waals surface area contributed by atoms with E-state index >= 15 is 0 Å². The summed E-state index contributed by atoms with van der Waals surface area (Å²) in [5.74, 6) is -0.330. The van der Waals surface area contributed by atoms with Crippen LogP contribution in [0, 0.1) is 5.82 Å². The second kappa shape index (κ2) is 8.64. The Balaban J connectivity index is 2.06. The highest BCUT2D eigenvalue weighted by atomic mass is 19.1. The minimum atomic E-state index is -0.184. The molecule has 0 atom stereocenters. The molecule has 0 aromatic heterocycles. The predicted molar refractivity (Wildman–Crippen MR) is 68.6 cm³/mol. The fraction of sp³-hybridized carbons (Fsp3) is 0.500. The summed E-state index contributed by atoms with van der Waals surface area (Å²) in [7, 11) is 0. The molecule has 0 radical (unpaired) electrons. The highest BCUT2D eigenvalue weighted by Crippen LogP contribution is 2.05. The van der Waals surface area contributed by atoms with Crippen LogP contribution in [0.25, 0.3) is 0 Å². The molecule has 1 rings (SSSR count). The molecule has 0 aliphatic rings. The first-order valence-electron chi connectivity index (χ1n) is 6.33. The number of nitrogens with one attached hydrogen (secondary N) is 1. The fourth-order valence-corrected chi connectivity index (χ4v) is 1.62. The average Bonchev–Trinajstić information content (AvgIpc) is 2.36. The molecule has 1 aromatic carbocycles. The Morgan fingerprint density at radius 2 is 2.11 bits per heavy atom. The summed E-state index contributed by atoms with van der Waals surface area (Å²) in [5.41, 5.74) is 0.669. The minimum Gasteiger partial charge on any atom is -0.466 e. The SMILES string of the molecule is CCOC(=O)CCCCNCc1ccccc1F. The van der Waals surface area contributed by atoms with Gasteiger partial charge in [0.1, 0.15) is 5.82 Å². The highest BCUT2D eigenvalue weighted by Gasteiger charge is 2.01. The number of hydrogen-bond acceptors (Lipinski definition) is 3. The molecule has 100 valence electrons. The third kappa shape index (κ3) is 5.77. The van der Waals surface area contributed by atoms with Crippen LogP contribution in [0.15, 0.2) is 24.3 Å². The molecule has 0 aliphatic carbocycles. The van der Waals surface area contributed by atoms with Gasteiger partial charge in [0.25, 0.3) is 0 Å². The van der Waals surface area contributed by atoms with Gasteiger partial charge in [0, 0.05) is 18.5 Å². The van der Waals surface area contributed by atoms with E-state index in [1.165, 1.54) is 6.07 Å². The third-order valence-corrected chi connectivity index (χ3v) is 2.56. The smallest absolute Gasteiger partial charge is 0.305 e. The zero-order valence-electron chi connectivity index (χ0n) is 10.7. The van der Waals surface area contributed by atoms with Crippen LogP contribution in [-0.2, 0) is 16.1 Å². The van der Waals surface area contributed by atoms with Gasteiger partial charge in [0.15, 0.2) is 0 Å². The standard InChI is InChI=1S/C14H20FNO2/c1-2-18-14(17)9-5-6-10-16-11-12-7-3-4-8-13(12)15/h3-4,7-8,16H,2,5-6,9-11H2,1H3. The summed E-state index contributed by atoms with van der Waals surface area (Å²) in [6.45, 7) is 3.53. The molecule has 0 unspecified atom stereocenters. The lowest BCUT2D eigenvalue weighted by Crippen LogP contribution is -2.16. The topological polar surface area (TPSA) is 38.3 Å². The first-order chi connectivity index (χ1) is 8.74. The zero-order chi connectivity index (χ0) is 13.2. The van der Waals surface area contributed by atoms with Crippen molar-refractivity contribution in [3.63, 3.8) is 0 Å². The molecule has 0 saturated heterocycles. The molecule has 0 heterocycles. The molecule has 4 heteroatoms. The van der Waals surface area contributed by atoms with Gasteiger partial charge in [-0.05, 0) is 32.4 Å². The summed E-state index contributed by atoms with van der Waals surface area (Å²) < 4.78 is 18.1. The fourth-order valence-electron chi connectivity index (χ4n) is 1.62. The number of carbonyl (C=O) groups is 1. The number of rotatable bonds is 8. The summed E-state index contributed by atoms with van der Waals surface area (Å²) in [6.07, 6.45) is 2.13. The van der Waals surface area contributed by atoms with Gasteiger partial charge in [0.05, 0.1) is 6.61 Å². The number of carbonyl (C=O) groups excluding carboxylic acids is 1. The summed E-state index contributed by atoms with van der Waals surface area (Å²) in [6, 6.07) is 6.72. The molecule has 0 fully saturated rings. The van der Waals surface area contributed by atoms with Crippen molar-refractivity contribution < 1.29 is 13.9 Å². The summed E-state index contributed by atoms with van der Waals surface area (Å²) in [4.78, 5) is 11.0. The lowest BCUT2D eigenvalue weighted by molar-refractivity contribution is -0.143. The van der Waals surface area contributed by atoms with E-state index in [9.17, 15) is 9.18 Å². The van der Waals surface area contributed by atoms with Crippen LogP contribution in [0.5, 0.6) is 0 Å². The van der Waals surface area contributed by atoms with Crippen LogP contribution in [-0.4, -0.2) is 19.1 Å². The Labute approximate surface area is 107 Å². The van der Waals surface area contributed by atoms with Crippen molar-refractivity contribution in [2.75, 3.05) is 13.2 Å². The molecule has 18 heavy (non-hydrogen) atoms. The molecule has 1 aromatic rings. The number of esters is 1. The molecule has 3 nitrogen and oxygen atoms in total. The van der Waals surface area contributed by atoms with Gasteiger partial charge in [-0.2, -0.15) is 0 Å². The van der Waals surface area contributed by atoms with Crippen molar-refractivity contribution >= 4 is 5.97 Å². The van der Waals surface area contributed by atoms with E-state index in [1.54, 1.807) is 19.1 Å². The Morgan fingerprint density at radius 1 is 1.33 bits per heavy atom. The maximum Gasteiger partial charge on any atom is 0.305 e. The Morgan fingerprint density at radius 3 is 2.83 bits per heavy atom. The molecule has 0 aliphatic heterocycles. The molecule has 0 saturated carbocycles. The maximum atomic E-state index is 13.3. The van der Waals surface area contributed by atoms with Gasteiger partial charge in [-0.1, -0.05) is 18.2 Å². The highest BCUT2D eigenvalue weighted by molar-refractivity contribution is 5.69. The second-order valence-corrected chi connectivity index (χ2v) is 4.03. The number of hydrogen-bond donors (Lipinski definition) is 1. The number of halogens is 1. The average molecular weight is 253 g/mol. The number of ether oxygens (including phenoxy) is 1.